The lowest BCUT2D eigenvalue weighted by Crippen LogP contribution is -2.48. The number of β-amino-alcohol motifs (C(OH)–C–C–N with tert-alkyl or cyclic N) is 1. The summed E-state index contributed by atoms with van der Waals surface area (Å²) in [6, 6.07) is 0. The molecule has 0 spiro atoms. The summed E-state index contributed by atoms with van der Waals surface area (Å²) in [7, 11) is 0. The van der Waals surface area contributed by atoms with Crippen molar-refractivity contribution >= 4 is 11.7 Å². The standard InChI is InChI=1S/C9H13NO3/c11-7-4-8(12)10(5-7)6-9(13)2-1-3-9/h13H,1-6H2. The van der Waals surface area contributed by atoms with E-state index in [9.17, 15) is 14.7 Å². The van der Waals surface area contributed by atoms with Gasteiger partial charge in [0.1, 0.15) is 0 Å². The number of carbonyl (C=O) groups is 2. The highest BCUT2D eigenvalue weighted by molar-refractivity contribution is 6.05. The average molecular weight is 183 g/mol. The molecule has 1 aliphatic heterocycles. The Morgan fingerprint density at radius 3 is 2.46 bits per heavy atom. The van der Waals surface area contributed by atoms with Crippen LogP contribution >= 0.6 is 0 Å². The topological polar surface area (TPSA) is 57.6 Å². The molecule has 0 aromatic rings. The van der Waals surface area contributed by atoms with E-state index in [1.807, 2.05) is 0 Å². The van der Waals surface area contributed by atoms with Crippen LogP contribution in [-0.2, 0) is 9.59 Å². The highest BCUT2D eigenvalue weighted by Crippen LogP contribution is 2.32. The highest BCUT2D eigenvalue weighted by atomic mass is 16.3. The van der Waals surface area contributed by atoms with Crippen LogP contribution in [0.3, 0.4) is 0 Å². The molecule has 0 aromatic carbocycles. The van der Waals surface area contributed by atoms with E-state index in [-0.39, 0.29) is 24.7 Å². The molecular formula is C9H13NO3. The summed E-state index contributed by atoms with van der Waals surface area (Å²) in [5.74, 6) is -0.168. The molecule has 1 heterocycles. The van der Waals surface area contributed by atoms with E-state index in [1.165, 1.54) is 4.90 Å². The van der Waals surface area contributed by atoms with Gasteiger partial charge in [0.15, 0.2) is 5.78 Å². The van der Waals surface area contributed by atoms with Crippen molar-refractivity contribution in [2.24, 2.45) is 0 Å². The minimum Gasteiger partial charge on any atom is -0.388 e. The lowest BCUT2D eigenvalue weighted by atomic mass is 9.80. The van der Waals surface area contributed by atoms with Crippen molar-refractivity contribution in [3.8, 4) is 0 Å². The number of rotatable bonds is 2. The first kappa shape index (κ1) is 8.69. The second-order valence-corrected chi connectivity index (χ2v) is 4.04. The molecule has 4 nitrogen and oxygen atoms in total. The molecule has 0 atom stereocenters. The Morgan fingerprint density at radius 2 is 2.08 bits per heavy atom. The van der Waals surface area contributed by atoms with Gasteiger partial charge >= 0.3 is 0 Å². The van der Waals surface area contributed by atoms with Crippen LogP contribution in [0.5, 0.6) is 0 Å². The molecule has 4 heteroatoms. The molecule has 1 saturated carbocycles. The van der Waals surface area contributed by atoms with Gasteiger partial charge < -0.3 is 10.0 Å². The first-order valence-electron chi connectivity index (χ1n) is 4.61. The minimum atomic E-state index is -0.694. The summed E-state index contributed by atoms with van der Waals surface area (Å²) in [5.41, 5.74) is -0.694. The van der Waals surface area contributed by atoms with Crippen molar-refractivity contribution in [2.45, 2.75) is 31.3 Å². The Bertz CT molecular complexity index is 258. The van der Waals surface area contributed by atoms with Crippen LogP contribution in [-0.4, -0.2) is 40.4 Å². The summed E-state index contributed by atoms with van der Waals surface area (Å²) < 4.78 is 0. The fourth-order valence-corrected chi connectivity index (χ4v) is 1.88. The molecule has 13 heavy (non-hydrogen) atoms. The van der Waals surface area contributed by atoms with E-state index in [1.54, 1.807) is 0 Å². The summed E-state index contributed by atoms with van der Waals surface area (Å²) in [6.07, 6.45) is 2.55. The molecule has 1 saturated heterocycles. The number of hydrogen-bond donors (Lipinski definition) is 1. The van der Waals surface area contributed by atoms with Gasteiger partial charge in [-0.05, 0) is 19.3 Å². The summed E-state index contributed by atoms with van der Waals surface area (Å²) in [6.45, 7) is 0.540. The number of carbonyl (C=O) groups excluding carboxylic acids is 2. The third-order valence-corrected chi connectivity index (χ3v) is 2.84. The Balaban J connectivity index is 1.94. The second-order valence-electron chi connectivity index (χ2n) is 4.04. The molecule has 2 rings (SSSR count). The minimum absolute atomic E-state index is 0.0239. The Labute approximate surface area is 76.5 Å². The smallest absolute Gasteiger partial charge is 0.230 e. The molecule has 0 bridgehead atoms. The maximum atomic E-state index is 11.2. The summed E-state index contributed by atoms with van der Waals surface area (Å²) in [5, 5.41) is 9.77. The van der Waals surface area contributed by atoms with E-state index in [0.717, 1.165) is 19.3 Å². The molecule has 1 N–H and O–H groups in total. The highest BCUT2D eigenvalue weighted by Gasteiger charge is 2.39. The molecule has 2 aliphatic rings. The van der Waals surface area contributed by atoms with E-state index in [4.69, 9.17) is 0 Å². The van der Waals surface area contributed by atoms with Gasteiger partial charge in [-0.3, -0.25) is 9.59 Å². The number of ketones is 1. The molecule has 1 amide bonds. The van der Waals surface area contributed by atoms with Crippen LogP contribution in [0.1, 0.15) is 25.7 Å². The Morgan fingerprint density at radius 1 is 1.38 bits per heavy atom. The van der Waals surface area contributed by atoms with Crippen molar-refractivity contribution in [2.75, 3.05) is 13.1 Å². The fraction of sp³-hybridized carbons (Fsp3) is 0.778. The Kier molecular flexibility index (Phi) is 1.87. The molecule has 0 aromatic heterocycles. The van der Waals surface area contributed by atoms with Gasteiger partial charge in [0.05, 0.1) is 18.6 Å². The van der Waals surface area contributed by atoms with Gasteiger partial charge in [0, 0.05) is 6.54 Å². The summed E-state index contributed by atoms with van der Waals surface area (Å²) in [4.78, 5) is 23.6. The van der Waals surface area contributed by atoms with Crippen molar-refractivity contribution in [3.05, 3.63) is 0 Å². The lowest BCUT2D eigenvalue weighted by molar-refractivity contribution is -0.133. The number of Topliss-reactive ketones (excluding diaryl/α,β-unsaturated/α-hetero) is 1. The van der Waals surface area contributed by atoms with Crippen molar-refractivity contribution < 1.29 is 14.7 Å². The van der Waals surface area contributed by atoms with E-state index in [0.29, 0.717) is 6.54 Å². The maximum Gasteiger partial charge on any atom is 0.230 e. The number of likely N-dealkylation sites (tertiary alicyclic amines) is 1. The second kappa shape index (κ2) is 2.80. The fourth-order valence-electron chi connectivity index (χ4n) is 1.88. The number of amides is 1. The molecule has 0 radical (unpaired) electrons. The number of nitrogens with zero attached hydrogens (tertiary/aromatic N) is 1. The zero-order chi connectivity index (χ0) is 9.47. The molecule has 1 aliphatic carbocycles. The van der Waals surface area contributed by atoms with Gasteiger partial charge in [0.25, 0.3) is 0 Å². The quantitative estimate of drug-likeness (QED) is 0.598. The number of aliphatic hydroxyl groups is 1. The monoisotopic (exact) mass is 183 g/mol. The zero-order valence-electron chi connectivity index (χ0n) is 7.45. The van der Waals surface area contributed by atoms with E-state index >= 15 is 0 Å². The van der Waals surface area contributed by atoms with Crippen LogP contribution in [0.2, 0.25) is 0 Å². The third-order valence-electron chi connectivity index (χ3n) is 2.84. The third kappa shape index (κ3) is 1.58. The maximum absolute atomic E-state index is 11.2. The van der Waals surface area contributed by atoms with Crippen LogP contribution in [0, 0.1) is 0 Å². The summed E-state index contributed by atoms with van der Waals surface area (Å²) >= 11 is 0. The van der Waals surface area contributed by atoms with Gasteiger partial charge in [-0.15, -0.1) is 0 Å². The largest absolute Gasteiger partial charge is 0.388 e. The van der Waals surface area contributed by atoms with Gasteiger partial charge in [-0.25, -0.2) is 0 Å². The van der Waals surface area contributed by atoms with Gasteiger partial charge in [0.2, 0.25) is 5.91 Å². The first-order valence-corrected chi connectivity index (χ1v) is 4.61. The lowest BCUT2D eigenvalue weighted by Gasteiger charge is -2.39. The Hall–Kier alpha value is -0.900. The first-order chi connectivity index (χ1) is 6.09. The van der Waals surface area contributed by atoms with Crippen molar-refractivity contribution in [1.29, 1.82) is 0 Å². The van der Waals surface area contributed by atoms with Gasteiger partial charge in [-0.2, -0.15) is 0 Å². The van der Waals surface area contributed by atoms with Crippen molar-refractivity contribution in [1.82, 2.24) is 4.90 Å². The zero-order valence-corrected chi connectivity index (χ0v) is 7.45. The van der Waals surface area contributed by atoms with Gasteiger partial charge in [-0.1, -0.05) is 0 Å². The van der Waals surface area contributed by atoms with Crippen LogP contribution < -0.4 is 0 Å². The molecule has 2 fully saturated rings. The van der Waals surface area contributed by atoms with Crippen LogP contribution in [0.25, 0.3) is 0 Å². The molecular weight excluding hydrogens is 170 g/mol. The SMILES string of the molecule is O=C1CC(=O)N(CC2(O)CCC2)C1. The average Bonchev–Trinajstić information content (AvgIpc) is 2.27. The molecule has 0 unspecified atom stereocenters. The number of hydrogen-bond acceptors (Lipinski definition) is 3. The normalized spacial score (nSPS) is 26.4. The predicted octanol–water partition coefficient (Wildman–Crippen LogP) is -0.297. The van der Waals surface area contributed by atoms with Crippen LogP contribution in [0.4, 0.5) is 0 Å². The molecule has 72 valence electrons. The van der Waals surface area contributed by atoms with Crippen LogP contribution in [0.15, 0.2) is 0 Å². The predicted molar refractivity (Wildman–Crippen MR) is 45.0 cm³/mol. The van der Waals surface area contributed by atoms with E-state index < -0.39 is 5.60 Å². The van der Waals surface area contributed by atoms with E-state index in [2.05, 4.69) is 0 Å². The van der Waals surface area contributed by atoms with Crippen molar-refractivity contribution in [3.63, 3.8) is 0 Å².